The van der Waals surface area contributed by atoms with Crippen LogP contribution in [0.25, 0.3) is 10.9 Å². The van der Waals surface area contributed by atoms with Gasteiger partial charge < -0.3 is 10.6 Å². The standard InChI is InChI=1S/C16H15ClN4O/c1-18-15(10-3-2-4-12(17)7-10)16(22)20-13-5-6-14-11(8-13)9-19-21-14/h2-9,15,18H,1H3,(H,19,21)(H,20,22). The van der Waals surface area contributed by atoms with Gasteiger partial charge in [-0.1, -0.05) is 23.7 Å². The lowest BCUT2D eigenvalue weighted by Gasteiger charge is -2.16. The van der Waals surface area contributed by atoms with Crippen molar-refractivity contribution in [3.8, 4) is 0 Å². The van der Waals surface area contributed by atoms with Gasteiger partial charge in [0.2, 0.25) is 5.91 Å². The smallest absolute Gasteiger partial charge is 0.246 e. The van der Waals surface area contributed by atoms with E-state index in [9.17, 15) is 4.79 Å². The van der Waals surface area contributed by atoms with E-state index in [1.165, 1.54) is 0 Å². The molecule has 0 aliphatic carbocycles. The molecule has 1 heterocycles. The van der Waals surface area contributed by atoms with Crippen molar-refractivity contribution in [2.24, 2.45) is 0 Å². The molecule has 6 heteroatoms. The molecule has 1 amide bonds. The van der Waals surface area contributed by atoms with Crippen LogP contribution in [0.15, 0.2) is 48.7 Å². The number of halogens is 1. The van der Waals surface area contributed by atoms with Crippen LogP contribution in [-0.4, -0.2) is 23.2 Å². The number of anilines is 1. The zero-order chi connectivity index (χ0) is 15.5. The van der Waals surface area contributed by atoms with Crippen molar-refractivity contribution in [2.45, 2.75) is 6.04 Å². The van der Waals surface area contributed by atoms with Gasteiger partial charge in [0.1, 0.15) is 6.04 Å². The minimum absolute atomic E-state index is 0.146. The first-order chi connectivity index (χ1) is 10.7. The van der Waals surface area contributed by atoms with Crippen LogP contribution in [0, 0.1) is 0 Å². The second kappa shape index (κ2) is 6.17. The molecule has 1 unspecified atom stereocenters. The van der Waals surface area contributed by atoms with Crippen molar-refractivity contribution in [3.63, 3.8) is 0 Å². The van der Waals surface area contributed by atoms with Crippen molar-refractivity contribution in [2.75, 3.05) is 12.4 Å². The normalized spacial score (nSPS) is 12.3. The van der Waals surface area contributed by atoms with Crippen molar-refractivity contribution < 1.29 is 4.79 Å². The first kappa shape index (κ1) is 14.6. The van der Waals surface area contributed by atoms with Gasteiger partial charge in [-0.3, -0.25) is 9.89 Å². The zero-order valence-electron chi connectivity index (χ0n) is 11.9. The molecule has 0 saturated heterocycles. The number of aromatic nitrogens is 2. The molecular weight excluding hydrogens is 300 g/mol. The van der Waals surface area contributed by atoms with E-state index < -0.39 is 6.04 Å². The van der Waals surface area contributed by atoms with E-state index in [1.54, 1.807) is 25.4 Å². The molecule has 3 aromatic rings. The van der Waals surface area contributed by atoms with Gasteiger partial charge >= 0.3 is 0 Å². The van der Waals surface area contributed by atoms with E-state index in [0.29, 0.717) is 5.02 Å². The molecule has 112 valence electrons. The molecule has 0 spiro atoms. The summed E-state index contributed by atoms with van der Waals surface area (Å²) in [6.07, 6.45) is 1.72. The Labute approximate surface area is 132 Å². The fourth-order valence-electron chi connectivity index (χ4n) is 2.37. The summed E-state index contributed by atoms with van der Waals surface area (Å²) in [7, 11) is 1.74. The van der Waals surface area contributed by atoms with Gasteiger partial charge in [0.25, 0.3) is 0 Å². The molecule has 0 bridgehead atoms. The molecule has 5 nitrogen and oxygen atoms in total. The van der Waals surface area contributed by atoms with E-state index >= 15 is 0 Å². The third-order valence-corrected chi connectivity index (χ3v) is 3.68. The third-order valence-electron chi connectivity index (χ3n) is 3.44. The fraction of sp³-hybridized carbons (Fsp3) is 0.125. The molecule has 22 heavy (non-hydrogen) atoms. The van der Waals surface area contributed by atoms with Crippen LogP contribution < -0.4 is 10.6 Å². The van der Waals surface area contributed by atoms with Crippen LogP contribution in [-0.2, 0) is 4.79 Å². The van der Waals surface area contributed by atoms with E-state index in [-0.39, 0.29) is 5.91 Å². The number of H-pyrrole nitrogens is 1. The topological polar surface area (TPSA) is 69.8 Å². The second-order valence-corrected chi connectivity index (χ2v) is 5.37. The van der Waals surface area contributed by atoms with Gasteiger partial charge in [0.15, 0.2) is 0 Å². The zero-order valence-corrected chi connectivity index (χ0v) is 12.7. The Hall–Kier alpha value is -2.37. The maximum atomic E-state index is 12.5. The SMILES string of the molecule is CNC(C(=O)Nc1ccc2[nH]ncc2c1)c1cccc(Cl)c1. The highest BCUT2D eigenvalue weighted by Gasteiger charge is 2.19. The number of nitrogens with zero attached hydrogens (tertiary/aromatic N) is 1. The Kier molecular flexibility index (Phi) is 4.09. The van der Waals surface area contributed by atoms with Gasteiger partial charge in [-0.25, -0.2) is 0 Å². The molecule has 3 N–H and O–H groups in total. The first-order valence-corrected chi connectivity index (χ1v) is 7.22. The number of benzene rings is 2. The van der Waals surface area contributed by atoms with Crippen LogP contribution >= 0.6 is 11.6 Å². The molecule has 0 aliphatic rings. The Bertz CT molecular complexity index is 815. The average molecular weight is 315 g/mol. The largest absolute Gasteiger partial charge is 0.324 e. The number of likely N-dealkylation sites (N-methyl/N-ethyl adjacent to an activating group) is 1. The van der Waals surface area contributed by atoms with E-state index in [1.807, 2.05) is 30.3 Å². The molecule has 1 aromatic heterocycles. The predicted octanol–water partition coefficient (Wildman–Crippen LogP) is 3.12. The molecule has 0 fully saturated rings. The van der Waals surface area contributed by atoms with Gasteiger partial charge in [-0.2, -0.15) is 5.10 Å². The molecule has 2 aromatic carbocycles. The summed E-state index contributed by atoms with van der Waals surface area (Å²) in [5.74, 6) is -0.146. The second-order valence-electron chi connectivity index (χ2n) is 4.94. The maximum absolute atomic E-state index is 12.5. The monoisotopic (exact) mass is 314 g/mol. The minimum atomic E-state index is -0.473. The van der Waals surface area contributed by atoms with Crippen molar-refractivity contribution in [1.82, 2.24) is 15.5 Å². The molecule has 1 atom stereocenters. The minimum Gasteiger partial charge on any atom is -0.324 e. The van der Waals surface area contributed by atoms with Crippen LogP contribution in [0.5, 0.6) is 0 Å². The summed E-state index contributed by atoms with van der Waals surface area (Å²) in [6, 6.07) is 12.4. The van der Waals surface area contributed by atoms with Crippen molar-refractivity contribution in [3.05, 3.63) is 59.2 Å². The summed E-state index contributed by atoms with van der Waals surface area (Å²) in [5, 5.41) is 14.3. The lowest BCUT2D eigenvalue weighted by Crippen LogP contribution is -2.30. The number of aromatic amines is 1. The number of carbonyl (C=O) groups excluding carboxylic acids is 1. The Morgan fingerprint density at radius 2 is 2.14 bits per heavy atom. The summed E-state index contributed by atoms with van der Waals surface area (Å²) in [6.45, 7) is 0. The van der Waals surface area contributed by atoms with Gasteiger partial charge in [-0.05, 0) is 42.9 Å². The number of hydrogen-bond donors (Lipinski definition) is 3. The van der Waals surface area contributed by atoms with Gasteiger partial charge in [0, 0.05) is 16.1 Å². The fourth-order valence-corrected chi connectivity index (χ4v) is 2.57. The highest BCUT2D eigenvalue weighted by molar-refractivity contribution is 6.30. The number of carbonyl (C=O) groups is 1. The summed E-state index contributed by atoms with van der Waals surface area (Å²) >= 11 is 5.99. The molecule has 0 aliphatic heterocycles. The van der Waals surface area contributed by atoms with Crippen molar-refractivity contribution in [1.29, 1.82) is 0 Å². The van der Waals surface area contributed by atoms with Crippen LogP contribution in [0.1, 0.15) is 11.6 Å². The average Bonchev–Trinajstić information content (AvgIpc) is 2.95. The number of rotatable bonds is 4. The summed E-state index contributed by atoms with van der Waals surface area (Å²) < 4.78 is 0. The number of fused-ring (bicyclic) bond motifs is 1. The predicted molar refractivity (Wildman–Crippen MR) is 88.0 cm³/mol. The molecule has 0 radical (unpaired) electrons. The summed E-state index contributed by atoms with van der Waals surface area (Å²) in [4.78, 5) is 12.5. The van der Waals surface area contributed by atoms with Gasteiger partial charge in [-0.15, -0.1) is 0 Å². The van der Waals surface area contributed by atoms with Crippen molar-refractivity contribution >= 4 is 34.1 Å². The number of nitrogens with one attached hydrogen (secondary N) is 3. The maximum Gasteiger partial charge on any atom is 0.246 e. The molecular formula is C16H15ClN4O. The van der Waals surface area contributed by atoms with E-state index in [4.69, 9.17) is 11.6 Å². The van der Waals surface area contributed by atoms with Gasteiger partial charge in [0.05, 0.1) is 11.7 Å². The molecule has 3 rings (SSSR count). The highest BCUT2D eigenvalue weighted by atomic mass is 35.5. The lowest BCUT2D eigenvalue weighted by atomic mass is 10.1. The lowest BCUT2D eigenvalue weighted by molar-refractivity contribution is -0.118. The van der Waals surface area contributed by atoms with E-state index in [0.717, 1.165) is 22.2 Å². The Morgan fingerprint density at radius 3 is 2.91 bits per heavy atom. The Balaban J connectivity index is 1.82. The van der Waals surface area contributed by atoms with E-state index in [2.05, 4.69) is 20.8 Å². The number of amides is 1. The third kappa shape index (κ3) is 2.95. The Morgan fingerprint density at radius 1 is 1.27 bits per heavy atom. The summed E-state index contributed by atoms with van der Waals surface area (Å²) in [5.41, 5.74) is 2.47. The quantitative estimate of drug-likeness (QED) is 0.693. The molecule has 0 saturated carbocycles. The number of hydrogen-bond acceptors (Lipinski definition) is 3. The van der Waals surface area contributed by atoms with Crippen LogP contribution in [0.3, 0.4) is 0 Å². The highest BCUT2D eigenvalue weighted by Crippen LogP contribution is 2.21. The van der Waals surface area contributed by atoms with Crippen LogP contribution in [0.4, 0.5) is 5.69 Å². The van der Waals surface area contributed by atoms with Crippen LogP contribution in [0.2, 0.25) is 5.02 Å². The first-order valence-electron chi connectivity index (χ1n) is 6.84.